The van der Waals surface area contributed by atoms with Gasteiger partial charge in [-0.05, 0) is 53.9 Å². The molecule has 0 atom stereocenters. The summed E-state index contributed by atoms with van der Waals surface area (Å²) in [6, 6.07) is 14.3. The number of hydrogen-bond donors (Lipinski definition) is 0. The second kappa shape index (κ2) is 16.5. The van der Waals surface area contributed by atoms with Crippen molar-refractivity contribution in [2.45, 2.75) is 90.6 Å². The first-order valence-electron chi connectivity index (χ1n) is 12.2. The van der Waals surface area contributed by atoms with Crippen LogP contribution in [0.2, 0.25) is 0 Å². The topological polar surface area (TPSA) is 21.6 Å². The van der Waals surface area contributed by atoms with Crippen molar-refractivity contribution in [2.75, 3.05) is 6.54 Å². The van der Waals surface area contributed by atoms with E-state index in [-0.39, 0.29) is 5.82 Å². The summed E-state index contributed by atoms with van der Waals surface area (Å²) in [6.45, 7) is 3.62. The fraction of sp³-hybridized carbons (Fsp3) is 0.536. The molecule has 2 aromatic carbocycles. The molecule has 0 saturated carbocycles. The van der Waals surface area contributed by atoms with Crippen molar-refractivity contribution in [2.24, 2.45) is 4.99 Å². The third-order valence-electron chi connectivity index (χ3n) is 5.58. The Morgan fingerprint density at radius 2 is 1.26 bits per heavy atom. The molecule has 0 amide bonds. The van der Waals surface area contributed by atoms with E-state index in [4.69, 9.17) is 4.74 Å². The van der Waals surface area contributed by atoms with Gasteiger partial charge in [-0.3, -0.25) is 4.99 Å². The van der Waals surface area contributed by atoms with Crippen LogP contribution in [-0.2, 0) is 6.61 Å². The maximum atomic E-state index is 12.9. The lowest BCUT2D eigenvalue weighted by atomic mass is 10.1. The van der Waals surface area contributed by atoms with Crippen molar-refractivity contribution in [1.29, 1.82) is 0 Å². The van der Waals surface area contributed by atoms with Crippen LogP contribution in [0, 0.1) is 5.82 Å². The van der Waals surface area contributed by atoms with Crippen LogP contribution in [0.25, 0.3) is 0 Å². The number of nitrogens with zero attached hydrogens (tertiary/aromatic N) is 1. The van der Waals surface area contributed by atoms with Crippen LogP contribution in [0.3, 0.4) is 0 Å². The van der Waals surface area contributed by atoms with Gasteiger partial charge in [-0.15, -0.1) is 0 Å². The van der Waals surface area contributed by atoms with E-state index >= 15 is 0 Å². The monoisotopic (exact) mass is 425 g/mol. The highest BCUT2D eigenvalue weighted by Gasteiger charge is 1.98. The molecule has 2 rings (SSSR count). The minimum Gasteiger partial charge on any atom is -0.489 e. The van der Waals surface area contributed by atoms with Crippen molar-refractivity contribution >= 4 is 6.21 Å². The molecule has 0 N–H and O–H groups in total. The molecule has 0 bridgehead atoms. The zero-order valence-corrected chi connectivity index (χ0v) is 19.3. The maximum Gasteiger partial charge on any atom is 0.123 e. The normalized spacial score (nSPS) is 11.3. The Labute approximate surface area is 189 Å². The fourth-order valence-electron chi connectivity index (χ4n) is 3.61. The Kier molecular flexibility index (Phi) is 13.4. The number of ether oxygens (including phenoxy) is 1. The quantitative estimate of drug-likeness (QED) is 0.184. The molecule has 2 nitrogen and oxygen atoms in total. The zero-order chi connectivity index (χ0) is 22.0. The number of unbranched alkanes of at least 4 members (excludes halogenated alkanes) is 11. The largest absolute Gasteiger partial charge is 0.489 e. The van der Waals surface area contributed by atoms with Crippen molar-refractivity contribution in [1.82, 2.24) is 0 Å². The van der Waals surface area contributed by atoms with Gasteiger partial charge in [0.15, 0.2) is 0 Å². The van der Waals surface area contributed by atoms with Gasteiger partial charge in [0, 0.05) is 12.8 Å². The van der Waals surface area contributed by atoms with Crippen LogP contribution < -0.4 is 4.74 Å². The van der Waals surface area contributed by atoms with Gasteiger partial charge in [-0.1, -0.05) is 89.7 Å². The first-order valence-corrected chi connectivity index (χ1v) is 12.2. The molecule has 0 unspecified atom stereocenters. The molecule has 3 heteroatoms. The van der Waals surface area contributed by atoms with E-state index in [1.54, 1.807) is 12.1 Å². The number of rotatable bonds is 17. The minimum atomic E-state index is -0.226. The van der Waals surface area contributed by atoms with Gasteiger partial charge in [-0.2, -0.15) is 0 Å². The van der Waals surface area contributed by atoms with E-state index in [0.717, 1.165) is 23.4 Å². The molecule has 0 radical (unpaired) electrons. The number of hydrogen-bond acceptors (Lipinski definition) is 2. The van der Waals surface area contributed by atoms with Gasteiger partial charge in [0.2, 0.25) is 0 Å². The average molecular weight is 426 g/mol. The summed E-state index contributed by atoms with van der Waals surface area (Å²) in [6.07, 6.45) is 18.4. The molecule has 0 aromatic heterocycles. The minimum absolute atomic E-state index is 0.226. The average Bonchev–Trinajstić information content (AvgIpc) is 2.80. The van der Waals surface area contributed by atoms with Gasteiger partial charge >= 0.3 is 0 Å². The lowest BCUT2D eigenvalue weighted by molar-refractivity contribution is 0.306. The van der Waals surface area contributed by atoms with E-state index < -0.39 is 0 Å². The second-order valence-electron chi connectivity index (χ2n) is 8.41. The third-order valence-corrected chi connectivity index (χ3v) is 5.58. The highest BCUT2D eigenvalue weighted by molar-refractivity contribution is 5.79. The van der Waals surface area contributed by atoms with Crippen molar-refractivity contribution in [3.63, 3.8) is 0 Å². The van der Waals surface area contributed by atoms with Crippen LogP contribution in [0.5, 0.6) is 5.75 Å². The smallest absolute Gasteiger partial charge is 0.123 e. The van der Waals surface area contributed by atoms with E-state index in [1.165, 1.54) is 89.2 Å². The predicted octanol–water partition coefficient (Wildman–Crippen LogP) is 8.52. The van der Waals surface area contributed by atoms with Crippen LogP contribution in [0.4, 0.5) is 4.39 Å². The van der Waals surface area contributed by atoms with E-state index in [0.29, 0.717) is 6.61 Å². The van der Waals surface area contributed by atoms with E-state index in [9.17, 15) is 4.39 Å². The van der Waals surface area contributed by atoms with Crippen LogP contribution in [0.15, 0.2) is 53.5 Å². The fourth-order valence-corrected chi connectivity index (χ4v) is 3.61. The lowest BCUT2D eigenvalue weighted by Crippen LogP contribution is -1.95. The van der Waals surface area contributed by atoms with Crippen molar-refractivity contribution < 1.29 is 9.13 Å². The summed E-state index contributed by atoms with van der Waals surface area (Å²) in [5.41, 5.74) is 2.04. The van der Waals surface area contributed by atoms with Crippen LogP contribution in [-0.4, -0.2) is 12.8 Å². The Bertz CT molecular complexity index is 709. The molecule has 0 spiro atoms. The predicted molar refractivity (Wildman–Crippen MR) is 131 cm³/mol. The molecule has 0 aliphatic rings. The highest BCUT2D eigenvalue weighted by Crippen LogP contribution is 2.14. The van der Waals surface area contributed by atoms with Gasteiger partial charge < -0.3 is 4.74 Å². The molecule has 170 valence electrons. The Morgan fingerprint density at radius 1 is 0.710 bits per heavy atom. The number of benzene rings is 2. The first-order chi connectivity index (χ1) is 15.3. The Morgan fingerprint density at radius 3 is 1.84 bits per heavy atom. The Hall–Kier alpha value is -2.16. The molecule has 0 heterocycles. The highest BCUT2D eigenvalue weighted by atomic mass is 19.1. The zero-order valence-electron chi connectivity index (χ0n) is 19.3. The van der Waals surface area contributed by atoms with Gasteiger partial charge in [0.05, 0.1) is 0 Å². The molecule has 31 heavy (non-hydrogen) atoms. The maximum absolute atomic E-state index is 12.9. The second-order valence-corrected chi connectivity index (χ2v) is 8.41. The van der Waals surface area contributed by atoms with Crippen LogP contribution >= 0.6 is 0 Å². The number of aliphatic imine (C=N–C) groups is 1. The number of halogens is 1. The van der Waals surface area contributed by atoms with Crippen molar-refractivity contribution in [3.05, 3.63) is 65.5 Å². The van der Waals surface area contributed by atoms with Crippen molar-refractivity contribution in [3.8, 4) is 5.75 Å². The Balaban J connectivity index is 1.47. The summed E-state index contributed by atoms with van der Waals surface area (Å²) in [4.78, 5) is 4.55. The van der Waals surface area contributed by atoms with Gasteiger partial charge in [0.25, 0.3) is 0 Å². The molecule has 0 fully saturated rings. The molecule has 0 saturated heterocycles. The summed E-state index contributed by atoms with van der Waals surface area (Å²) < 4.78 is 18.7. The molecular weight excluding hydrogens is 385 g/mol. The van der Waals surface area contributed by atoms with E-state index in [2.05, 4.69) is 11.9 Å². The van der Waals surface area contributed by atoms with Gasteiger partial charge in [-0.25, -0.2) is 4.39 Å². The molecule has 0 aliphatic heterocycles. The molecule has 0 aliphatic carbocycles. The summed E-state index contributed by atoms with van der Waals surface area (Å²) >= 11 is 0. The standard InChI is InChI=1S/C28H40FNO/c1-2-3-4-5-6-7-8-9-10-11-12-13-22-30-23-25-16-20-28(21-17-25)31-24-26-14-18-27(29)19-15-26/h14-21,23H,2-13,22,24H2,1H3/b30-23+. The summed E-state index contributed by atoms with van der Waals surface area (Å²) in [5, 5.41) is 0. The SMILES string of the molecule is CCCCCCCCCCCCCC/N=C/c1ccc(OCc2ccc(F)cc2)cc1. The summed E-state index contributed by atoms with van der Waals surface area (Å²) in [7, 11) is 0. The third kappa shape index (κ3) is 12.3. The van der Waals surface area contributed by atoms with E-state index in [1.807, 2.05) is 30.5 Å². The van der Waals surface area contributed by atoms with Gasteiger partial charge in [0.1, 0.15) is 18.2 Å². The lowest BCUT2D eigenvalue weighted by Gasteiger charge is -2.06. The molecular formula is C28H40FNO. The first kappa shape index (κ1) is 25.1. The van der Waals surface area contributed by atoms with Crippen LogP contribution in [0.1, 0.15) is 95.1 Å². The molecule has 2 aromatic rings. The summed E-state index contributed by atoms with van der Waals surface area (Å²) in [5.74, 6) is 0.582.